The minimum Gasteiger partial charge on any atom is -0.330 e. The van der Waals surface area contributed by atoms with Crippen LogP contribution in [0.25, 0.3) is 0 Å². The number of nitrogens with one attached hydrogen (secondary N) is 1. The Hall–Kier alpha value is -1.10. The fourth-order valence-electron chi connectivity index (χ4n) is 2.07. The molecule has 0 atom stereocenters. The smallest absolute Gasteiger partial charge is 0.238 e. The lowest BCUT2D eigenvalue weighted by molar-refractivity contribution is -0.117. The number of rotatable bonds is 7. The van der Waals surface area contributed by atoms with E-state index in [0.717, 1.165) is 24.3 Å². The maximum absolute atomic E-state index is 12.2. The van der Waals surface area contributed by atoms with E-state index in [2.05, 4.69) is 24.1 Å². The summed E-state index contributed by atoms with van der Waals surface area (Å²) in [5, 5.41) is 3.54. The Morgan fingerprint density at radius 3 is 2.67 bits per heavy atom. The zero-order valence-corrected chi connectivity index (χ0v) is 14.1. The highest BCUT2D eigenvalue weighted by Gasteiger charge is 2.21. The van der Waals surface area contributed by atoms with Crippen LogP contribution >= 0.6 is 11.6 Å². The number of hydrogen-bond donors (Lipinski definition) is 2. The Bertz CT molecular complexity index is 488. The number of likely N-dealkylation sites (N-methyl/N-ethyl adjacent to an activating group) is 1. The monoisotopic (exact) mass is 311 g/mol. The first-order valence-corrected chi connectivity index (χ1v) is 7.63. The van der Waals surface area contributed by atoms with Gasteiger partial charge >= 0.3 is 0 Å². The van der Waals surface area contributed by atoms with Crippen molar-refractivity contribution in [1.82, 2.24) is 4.90 Å². The third kappa shape index (κ3) is 6.04. The van der Waals surface area contributed by atoms with Crippen molar-refractivity contribution < 1.29 is 4.79 Å². The van der Waals surface area contributed by atoms with Crippen LogP contribution in [0, 0.1) is 12.3 Å². The molecule has 0 saturated carbocycles. The van der Waals surface area contributed by atoms with Crippen LogP contribution in [0.15, 0.2) is 18.2 Å². The van der Waals surface area contributed by atoms with E-state index in [-0.39, 0.29) is 11.3 Å². The van der Waals surface area contributed by atoms with Crippen molar-refractivity contribution >= 4 is 23.2 Å². The Morgan fingerprint density at radius 1 is 1.43 bits per heavy atom. The summed E-state index contributed by atoms with van der Waals surface area (Å²) in [6.45, 7) is 10.8. The highest BCUT2D eigenvalue weighted by Crippen LogP contribution is 2.20. The van der Waals surface area contributed by atoms with E-state index in [0.29, 0.717) is 18.1 Å². The Labute approximate surface area is 132 Å². The number of halogens is 1. The van der Waals surface area contributed by atoms with E-state index in [1.54, 1.807) is 6.07 Å². The number of carbonyl (C=O) groups is 1. The second kappa shape index (κ2) is 7.78. The van der Waals surface area contributed by atoms with E-state index in [4.69, 9.17) is 17.3 Å². The van der Waals surface area contributed by atoms with Gasteiger partial charge in [-0.25, -0.2) is 0 Å². The van der Waals surface area contributed by atoms with Gasteiger partial charge in [0, 0.05) is 17.3 Å². The van der Waals surface area contributed by atoms with Gasteiger partial charge in [-0.2, -0.15) is 0 Å². The quantitative estimate of drug-likeness (QED) is 0.814. The number of amides is 1. The van der Waals surface area contributed by atoms with Crippen molar-refractivity contribution in [3.8, 4) is 0 Å². The molecule has 0 aromatic heterocycles. The molecule has 21 heavy (non-hydrogen) atoms. The highest BCUT2D eigenvalue weighted by atomic mass is 35.5. The first-order valence-electron chi connectivity index (χ1n) is 7.26. The fraction of sp³-hybridized carbons (Fsp3) is 0.562. The van der Waals surface area contributed by atoms with E-state index in [1.165, 1.54) is 0 Å². The van der Waals surface area contributed by atoms with Gasteiger partial charge in [-0.3, -0.25) is 9.69 Å². The van der Waals surface area contributed by atoms with Crippen molar-refractivity contribution in [2.24, 2.45) is 11.1 Å². The van der Waals surface area contributed by atoms with Gasteiger partial charge in [0.25, 0.3) is 0 Å². The number of nitrogens with zero attached hydrogens (tertiary/aromatic N) is 1. The fourth-order valence-corrected chi connectivity index (χ4v) is 2.24. The maximum atomic E-state index is 12.2. The van der Waals surface area contributed by atoms with Crippen LogP contribution in [0.2, 0.25) is 5.02 Å². The molecule has 1 aromatic carbocycles. The highest BCUT2D eigenvalue weighted by molar-refractivity contribution is 6.31. The molecule has 0 heterocycles. The molecule has 0 fully saturated rings. The summed E-state index contributed by atoms with van der Waals surface area (Å²) in [4.78, 5) is 14.3. The van der Waals surface area contributed by atoms with Gasteiger partial charge in [-0.1, -0.05) is 38.4 Å². The van der Waals surface area contributed by atoms with E-state index in [1.807, 2.05) is 26.0 Å². The van der Waals surface area contributed by atoms with Crippen molar-refractivity contribution in [1.29, 1.82) is 0 Å². The third-order valence-electron chi connectivity index (χ3n) is 3.49. The molecule has 0 spiro atoms. The summed E-state index contributed by atoms with van der Waals surface area (Å²) >= 11 is 5.96. The van der Waals surface area contributed by atoms with Gasteiger partial charge in [-0.05, 0) is 43.1 Å². The average molecular weight is 312 g/mol. The van der Waals surface area contributed by atoms with Crippen molar-refractivity contribution in [2.75, 3.05) is 31.5 Å². The number of anilines is 1. The molecule has 0 saturated heterocycles. The zero-order valence-electron chi connectivity index (χ0n) is 13.4. The third-order valence-corrected chi connectivity index (χ3v) is 3.73. The molecule has 118 valence electrons. The molecule has 4 nitrogen and oxygen atoms in total. The summed E-state index contributed by atoms with van der Waals surface area (Å²) < 4.78 is 0. The van der Waals surface area contributed by atoms with Crippen LogP contribution in [-0.4, -0.2) is 37.0 Å². The zero-order chi connectivity index (χ0) is 16.0. The molecule has 0 radical (unpaired) electrons. The predicted molar refractivity (Wildman–Crippen MR) is 89.8 cm³/mol. The SMILES string of the molecule is CCN(CC(=O)Nc1cc(Cl)ccc1C)CC(C)(C)CN. The van der Waals surface area contributed by atoms with Crippen LogP contribution in [0.5, 0.6) is 0 Å². The first-order chi connectivity index (χ1) is 9.77. The lowest BCUT2D eigenvalue weighted by atomic mass is 9.93. The first kappa shape index (κ1) is 18.0. The molecule has 0 bridgehead atoms. The summed E-state index contributed by atoms with van der Waals surface area (Å²) in [6.07, 6.45) is 0. The van der Waals surface area contributed by atoms with Crippen LogP contribution in [0.3, 0.4) is 0 Å². The summed E-state index contributed by atoms with van der Waals surface area (Å²) in [5.41, 5.74) is 7.52. The normalized spacial score (nSPS) is 11.8. The van der Waals surface area contributed by atoms with Gasteiger partial charge in [0.2, 0.25) is 5.91 Å². The maximum Gasteiger partial charge on any atom is 0.238 e. The molecule has 1 aromatic rings. The molecule has 1 amide bonds. The minimum absolute atomic E-state index is 0.00224. The Kier molecular flexibility index (Phi) is 6.65. The van der Waals surface area contributed by atoms with Gasteiger partial charge in [-0.15, -0.1) is 0 Å². The standard InChI is InChI=1S/C16H26ClN3O/c1-5-20(11-16(3,4)10-18)9-15(21)19-14-8-13(17)7-6-12(14)2/h6-8H,5,9-11,18H2,1-4H3,(H,19,21). The number of benzene rings is 1. The van der Waals surface area contributed by atoms with Crippen LogP contribution < -0.4 is 11.1 Å². The molecule has 3 N–H and O–H groups in total. The molecular weight excluding hydrogens is 286 g/mol. The van der Waals surface area contributed by atoms with Gasteiger partial charge in [0.15, 0.2) is 0 Å². The number of aryl methyl sites for hydroxylation is 1. The van der Waals surface area contributed by atoms with Crippen LogP contribution in [0.4, 0.5) is 5.69 Å². The summed E-state index contributed by atoms with van der Waals surface area (Å²) in [6, 6.07) is 5.48. The second-order valence-electron chi connectivity index (χ2n) is 6.18. The van der Waals surface area contributed by atoms with Crippen molar-refractivity contribution in [2.45, 2.75) is 27.7 Å². The topological polar surface area (TPSA) is 58.4 Å². The molecule has 5 heteroatoms. The van der Waals surface area contributed by atoms with E-state index >= 15 is 0 Å². The van der Waals surface area contributed by atoms with E-state index < -0.39 is 0 Å². The molecule has 0 aliphatic heterocycles. The predicted octanol–water partition coefficient (Wildman–Crippen LogP) is 2.89. The number of nitrogens with two attached hydrogens (primary N) is 1. The molecule has 1 rings (SSSR count). The molecule has 0 aliphatic carbocycles. The van der Waals surface area contributed by atoms with E-state index in [9.17, 15) is 4.79 Å². The van der Waals surface area contributed by atoms with Crippen LogP contribution in [0.1, 0.15) is 26.3 Å². The average Bonchev–Trinajstić information content (AvgIpc) is 2.42. The van der Waals surface area contributed by atoms with Gasteiger partial charge in [0.05, 0.1) is 6.54 Å². The van der Waals surface area contributed by atoms with Crippen molar-refractivity contribution in [3.63, 3.8) is 0 Å². The Balaban J connectivity index is 2.65. The van der Waals surface area contributed by atoms with Gasteiger partial charge in [0.1, 0.15) is 0 Å². The molecule has 0 unspecified atom stereocenters. The van der Waals surface area contributed by atoms with Crippen LogP contribution in [-0.2, 0) is 4.79 Å². The summed E-state index contributed by atoms with van der Waals surface area (Å²) in [5.74, 6) is -0.0324. The molecular formula is C16H26ClN3O. The second-order valence-corrected chi connectivity index (χ2v) is 6.62. The minimum atomic E-state index is -0.0324. The number of carbonyl (C=O) groups excluding carboxylic acids is 1. The molecule has 0 aliphatic rings. The largest absolute Gasteiger partial charge is 0.330 e. The Morgan fingerprint density at radius 2 is 2.10 bits per heavy atom. The lowest BCUT2D eigenvalue weighted by Crippen LogP contribution is -2.42. The van der Waals surface area contributed by atoms with Crippen molar-refractivity contribution in [3.05, 3.63) is 28.8 Å². The summed E-state index contributed by atoms with van der Waals surface area (Å²) in [7, 11) is 0. The van der Waals surface area contributed by atoms with Gasteiger partial charge < -0.3 is 11.1 Å². The lowest BCUT2D eigenvalue weighted by Gasteiger charge is -2.30. The number of hydrogen-bond acceptors (Lipinski definition) is 3.